The number of hydrogen-bond acceptors (Lipinski definition) is 3. The maximum Gasteiger partial charge on any atom is 0.260 e. The van der Waals surface area contributed by atoms with Crippen LogP contribution >= 0.6 is 0 Å². The monoisotopic (exact) mass is 250 g/mol. The third-order valence-corrected chi connectivity index (χ3v) is 2.68. The summed E-state index contributed by atoms with van der Waals surface area (Å²) in [5, 5.41) is 2.73. The first kappa shape index (κ1) is 14.5. The highest BCUT2D eigenvalue weighted by molar-refractivity contribution is 5.80. The van der Waals surface area contributed by atoms with Crippen LogP contribution in [-0.2, 0) is 4.79 Å². The van der Waals surface area contributed by atoms with E-state index in [0.29, 0.717) is 12.3 Å². The van der Waals surface area contributed by atoms with Crippen LogP contribution in [0.5, 0.6) is 5.75 Å². The van der Waals surface area contributed by atoms with Gasteiger partial charge in [0.25, 0.3) is 5.91 Å². The predicted molar refractivity (Wildman–Crippen MR) is 72.6 cm³/mol. The molecule has 3 N–H and O–H groups in total. The molecule has 0 aliphatic heterocycles. The van der Waals surface area contributed by atoms with Crippen LogP contribution in [0, 0.1) is 6.92 Å². The highest BCUT2D eigenvalue weighted by atomic mass is 16.5. The molecule has 0 saturated heterocycles. The molecule has 1 aromatic rings. The zero-order chi connectivity index (χ0) is 13.7. The molecule has 1 amide bonds. The van der Waals surface area contributed by atoms with Crippen LogP contribution in [-0.4, -0.2) is 18.6 Å². The molecule has 0 heterocycles. The quantitative estimate of drug-likeness (QED) is 0.839. The Morgan fingerprint density at radius 1 is 1.44 bits per heavy atom. The van der Waals surface area contributed by atoms with Gasteiger partial charge in [0.05, 0.1) is 0 Å². The van der Waals surface area contributed by atoms with Crippen LogP contribution in [0.3, 0.4) is 0 Å². The molecule has 2 unspecified atom stereocenters. The number of nitrogens with one attached hydrogen (secondary N) is 1. The highest BCUT2D eigenvalue weighted by Crippen LogP contribution is 2.26. The first-order chi connectivity index (χ1) is 8.45. The molecule has 0 aromatic heterocycles. The van der Waals surface area contributed by atoms with Crippen LogP contribution in [0.4, 0.5) is 0 Å². The maximum absolute atomic E-state index is 11.6. The third-order valence-electron chi connectivity index (χ3n) is 2.68. The maximum atomic E-state index is 11.6. The van der Waals surface area contributed by atoms with E-state index < -0.39 is 6.10 Å². The number of aryl methyl sites for hydroxylation is 1. The van der Waals surface area contributed by atoms with E-state index in [1.807, 2.05) is 39.0 Å². The summed E-state index contributed by atoms with van der Waals surface area (Å²) in [5.74, 6) is 0.568. The van der Waals surface area contributed by atoms with Gasteiger partial charge in [-0.05, 0) is 39.3 Å². The van der Waals surface area contributed by atoms with Gasteiger partial charge in [0, 0.05) is 18.2 Å². The van der Waals surface area contributed by atoms with Gasteiger partial charge in [-0.3, -0.25) is 4.79 Å². The van der Waals surface area contributed by atoms with Crippen molar-refractivity contribution in [3.8, 4) is 5.75 Å². The van der Waals surface area contributed by atoms with E-state index in [4.69, 9.17) is 10.5 Å². The molecule has 4 heteroatoms. The molecule has 0 fully saturated rings. The zero-order valence-corrected chi connectivity index (χ0v) is 11.5. The molecule has 100 valence electrons. The summed E-state index contributed by atoms with van der Waals surface area (Å²) >= 11 is 0. The van der Waals surface area contributed by atoms with E-state index in [0.717, 1.165) is 11.1 Å². The molecule has 0 aliphatic rings. The lowest BCUT2D eigenvalue weighted by Gasteiger charge is -2.19. The van der Waals surface area contributed by atoms with Crippen molar-refractivity contribution in [3.05, 3.63) is 29.3 Å². The average Bonchev–Trinajstić information content (AvgIpc) is 2.28. The number of nitrogens with two attached hydrogens (primary N) is 1. The fraction of sp³-hybridized carbons (Fsp3) is 0.500. The van der Waals surface area contributed by atoms with Crippen LogP contribution in [0.25, 0.3) is 0 Å². The Hall–Kier alpha value is -1.55. The number of rotatable bonds is 5. The summed E-state index contributed by atoms with van der Waals surface area (Å²) in [7, 11) is 0. The van der Waals surface area contributed by atoms with Gasteiger partial charge in [0.1, 0.15) is 5.75 Å². The highest BCUT2D eigenvalue weighted by Gasteiger charge is 2.16. The second-order valence-corrected chi connectivity index (χ2v) is 4.48. The second-order valence-electron chi connectivity index (χ2n) is 4.48. The van der Waals surface area contributed by atoms with Crippen LogP contribution in [0.1, 0.15) is 37.9 Å². The van der Waals surface area contributed by atoms with E-state index in [1.165, 1.54) is 0 Å². The van der Waals surface area contributed by atoms with E-state index in [1.54, 1.807) is 6.92 Å². The summed E-state index contributed by atoms with van der Waals surface area (Å²) in [6, 6.07) is 5.72. The summed E-state index contributed by atoms with van der Waals surface area (Å²) in [4.78, 5) is 11.6. The number of carbonyl (C=O) groups excluding carboxylic acids is 1. The fourth-order valence-electron chi connectivity index (χ4n) is 1.68. The lowest BCUT2D eigenvalue weighted by Crippen LogP contribution is -2.36. The summed E-state index contributed by atoms with van der Waals surface area (Å²) in [5.41, 5.74) is 7.89. The minimum atomic E-state index is -0.524. The number of benzene rings is 1. The van der Waals surface area contributed by atoms with Gasteiger partial charge in [-0.1, -0.05) is 12.1 Å². The van der Waals surface area contributed by atoms with Gasteiger partial charge in [-0.15, -0.1) is 0 Å². The lowest BCUT2D eigenvalue weighted by molar-refractivity contribution is -0.127. The topological polar surface area (TPSA) is 64.3 Å². The minimum Gasteiger partial charge on any atom is -0.481 e. The molecule has 0 bridgehead atoms. The summed E-state index contributed by atoms with van der Waals surface area (Å²) in [6.45, 7) is 8.09. The molecular formula is C14H22N2O2. The molecular weight excluding hydrogens is 228 g/mol. The molecule has 0 spiro atoms. The van der Waals surface area contributed by atoms with Crippen molar-refractivity contribution in [3.63, 3.8) is 0 Å². The second kappa shape index (κ2) is 6.40. The molecule has 4 nitrogen and oxygen atoms in total. The first-order valence-electron chi connectivity index (χ1n) is 6.26. The molecule has 0 radical (unpaired) electrons. The number of ether oxygens (including phenoxy) is 1. The molecule has 1 rings (SSSR count). The van der Waals surface area contributed by atoms with Crippen LogP contribution in [0.15, 0.2) is 18.2 Å². The van der Waals surface area contributed by atoms with Gasteiger partial charge in [-0.2, -0.15) is 0 Å². The number of hydrogen-bond donors (Lipinski definition) is 2. The Morgan fingerprint density at radius 3 is 2.67 bits per heavy atom. The molecule has 0 aliphatic carbocycles. The Balaban J connectivity index is 2.88. The smallest absolute Gasteiger partial charge is 0.260 e. The van der Waals surface area contributed by atoms with Crippen molar-refractivity contribution in [2.45, 2.75) is 39.8 Å². The van der Waals surface area contributed by atoms with Crippen molar-refractivity contribution < 1.29 is 9.53 Å². The molecule has 2 atom stereocenters. The van der Waals surface area contributed by atoms with E-state index in [-0.39, 0.29) is 11.9 Å². The average molecular weight is 250 g/mol. The first-order valence-corrected chi connectivity index (χ1v) is 6.26. The van der Waals surface area contributed by atoms with Crippen molar-refractivity contribution in [1.29, 1.82) is 0 Å². The van der Waals surface area contributed by atoms with E-state index in [2.05, 4.69) is 5.32 Å². The van der Waals surface area contributed by atoms with Gasteiger partial charge >= 0.3 is 0 Å². The molecule has 0 saturated carbocycles. The number of likely N-dealkylation sites (N-methyl/N-ethyl adjacent to an activating group) is 1. The third kappa shape index (κ3) is 3.74. The van der Waals surface area contributed by atoms with Crippen molar-refractivity contribution in [1.82, 2.24) is 5.32 Å². The van der Waals surface area contributed by atoms with Gasteiger partial charge in [0.2, 0.25) is 0 Å². The van der Waals surface area contributed by atoms with Crippen molar-refractivity contribution >= 4 is 5.91 Å². The minimum absolute atomic E-state index is 0.116. The molecule has 1 aromatic carbocycles. The Morgan fingerprint density at radius 2 is 2.11 bits per heavy atom. The Bertz CT molecular complexity index is 416. The summed E-state index contributed by atoms with van der Waals surface area (Å²) < 4.78 is 5.71. The van der Waals surface area contributed by atoms with Gasteiger partial charge < -0.3 is 15.8 Å². The van der Waals surface area contributed by atoms with Crippen LogP contribution < -0.4 is 15.8 Å². The Kier molecular flexibility index (Phi) is 5.16. The molecule has 18 heavy (non-hydrogen) atoms. The standard InChI is InChI=1S/C14H22N2O2/c1-5-16-14(17)11(4)18-13-8-9(2)6-7-12(13)10(3)15/h6-8,10-11H,5,15H2,1-4H3,(H,16,17). The fourth-order valence-corrected chi connectivity index (χ4v) is 1.68. The predicted octanol–water partition coefficient (Wildman–Crippen LogP) is 1.92. The largest absolute Gasteiger partial charge is 0.481 e. The SMILES string of the molecule is CCNC(=O)C(C)Oc1cc(C)ccc1C(C)N. The van der Waals surface area contributed by atoms with E-state index >= 15 is 0 Å². The number of carbonyl (C=O) groups is 1. The van der Waals surface area contributed by atoms with Gasteiger partial charge in [0.15, 0.2) is 6.10 Å². The lowest BCUT2D eigenvalue weighted by atomic mass is 10.1. The Labute approximate surface area is 109 Å². The number of amides is 1. The van der Waals surface area contributed by atoms with Crippen LogP contribution in [0.2, 0.25) is 0 Å². The van der Waals surface area contributed by atoms with Crippen molar-refractivity contribution in [2.24, 2.45) is 5.73 Å². The van der Waals surface area contributed by atoms with Crippen molar-refractivity contribution in [2.75, 3.05) is 6.54 Å². The zero-order valence-electron chi connectivity index (χ0n) is 11.5. The summed E-state index contributed by atoms with van der Waals surface area (Å²) in [6.07, 6.45) is -0.524. The normalized spacial score (nSPS) is 13.8. The van der Waals surface area contributed by atoms with E-state index in [9.17, 15) is 4.79 Å². The van der Waals surface area contributed by atoms with Gasteiger partial charge in [-0.25, -0.2) is 0 Å².